The van der Waals surface area contributed by atoms with Crippen molar-refractivity contribution in [3.8, 4) is 5.75 Å². The van der Waals surface area contributed by atoms with Crippen molar-refractivity contribution in [3.63, 3.8) is 0 Å². The van der Waals surface area contributed by atoms with Crippen molar-refractivity contribution in [1.82, 2.24) is 4.90 Å². The molecule has 0 saturated carbocycles. The van der Waals surface area contributed by atoms with Gasteiger partial charge in [-0.1, -0.05) is 32.0 Å². The topological polar surface area (TPSA) is 55.6 Å². The van der Waals surface area contributed by atoms with Gasteiger partial charge in [0.15, 0.2) is 6.10 Å². The summed E-state index contributed by atoms with van der Waals surface area (Å²) in [5, 5.41) is 0. The first-order valence-corrected chi connectivity index (χ1v) is 6.62. The van der Waals surface area contributed by atoms with E-state index in [0.29, 0.717) is 19.5 Å². The number of ether oxygens (including phenoxy) is 1. The number of nitrogens with zero attached hydrogens (tertiary/aromatic N) is 1. The van der Waals surface area contributed by atoms with E-state index in [9.17, 15) is 4.79 Å². The van der Waals surface area contributed by atoms with Gasteiger partial charge in [-0.05, 0) is 23.6 Å². The van der Waals surface area contributed by atoms with Crippen LogP contribution in [0.2, 0.25) is 0 Å². The monoisotopic (exact) mass is 298 g/mol. The molecule has 1 unspecified atom stereocenters. The summed E-state index contributed by atoms with van der Waals surface area (Å²) < 4.78 is 5.72. The molecule has 1 aromatic carbocycles. The zero-order valence-electron chi connectivity index (χ0n) is 12.3. The molecule has 0 radical (unpaired) electrons. The number of hydrogen-bond acceptors (Lipinski definition) is 3. The Hall–Kier alpha value is -1.26. The Labute approximate surface area is 126 Å². The first-order valence-electron chi connectivity index (χ1n) is 6.62. The normalized spacial score (nSPS) is 16.9. The number of halogens is 1. The minimum Gasteiger partial charge on any atom is -0.480 e. The molecule has 0 fully saturated rings. The fourth-order valence-electron chi connectivity index (χ4n) is 2.35. The quantitative estimate of drug-likeness (QED) is 0.923. The van der Waals surface area contributed by atoms with Gasteiger partial charge in [0.1, 0.15) is 5.75 Å². The van der Waals surface area contributed by atoms with Crippen molar-refractivity contribution in [2.75, 3.05) is 20.1 Å². The molecule has 2 N–H and O–H groups in total. The van der Waals surface area contributed by atoms with Crippen LogP contribution in [0.1, 0.15) is 19.4 Å². The van der Waals surface area contributed by atoms with Gasteiger partial charge in [0.2, 0.25) is 0 Å². The zero-order chi connectivity index (χ0) is 14.0. The van der Waals surface area contributed by atoms with Gasteiger partial charge in [0.25, 0.3) is 5.91 Å². The van der Waals surface area contributed by atoms with Crippen LogP contribution in [0.25, 0.3) is 0 Å². The van der Waals surface area contributed by atoms with Gasteiger partial charge in [-0.3, -0.25) is 4.79 Å². The molecular weight excluding hydrogens is 276 g/mol. The van der Waals surface area contributed by atoms with Crippen LogP contribution >= 0.6 is 12.4 Å². The van der Waals surface area contributed by atoms with Crippen molar-refractivity contribution in [1.29, 1.82) is 0 Å². The summed E-state index contributed by atoms with van der Waals surface area (Å²) in [6.45, 7) is 5.30. The minimum absolute atomic E-state index is 0. The predicted molar refractivity (Wildman–Crippen MR) is 82.3 cm³/mol. The second-order valence-electron chi connectivity index (χ2n) is 5.98. The highest BCUT2D eigenvalue weighted by Crippen LogP contribution is 2.29. The Morgan fingerprint density at radius 1 is 1.45 bits per heavy atom. The van der Waals surface area contributed by atoms with E-state index in [1.807, 2.05) is 31.3 Å². The number of carbonyl (C=O) groups is 1. The summed E-state index contributed by atoms with van der Waals surface area (Å²) in [4.78, 5) is 14.1. The average Bonchev–Trinajstić information content (AvgIpc) is 2.81. The molecule has 0 aromatic heterocycles. The Kier molecular flexibility index (Phi) is 5.42. The molecule has 112 valence electrons. The second kappa shape index (κ2) is 6.46. The van der Waals surface area contributed by atoms with Crippen LogP contribution in [0, 0.1) is 5.41 Å². The zero-order valence-corrected chi connectivity index (χ0v) is 13.1. The molecule has 0 bridgehead atoms. The third-order valence-electron chi connectivity index (χ3n) is 3.52. The van der Waals surface area contributed by atoms with Crippen LogP contribution in [-0.4, -0.2) is 37.0 Å². The molecule has 4 nitrogen and oxygen atoms in total. The molecule has 0 saturated heterocycles. The van der Waals surface area contributed by atoms with E-state index < -0.39 is 6.10 Å². The average molecular weight is 299 g/mol. The maximum atomic E-state index is 12.4. The van der Waals surface area contributed by atoms with Gasteiger partial charge in [0, 0.05) is 20.0 Å². The van der Waals surface area contributed by atoms with Gasteiger partial charge in [-0.2, -0.15) is 0 Å². The minimum atomic E-state index is -0.393. The molecule has 20 heavy (non-hydrogen) atoms. The molecule has 0 aliphatic carbocycles. The predicted octanol–water partition coefficient (Wildman–Crippen LogP) is 1.86. The SMILES string of the molecule is CN(CC(C)(C)CN)C(=O)C1Cc2ccccc2O1.Cl. The lowest BCUT2D eigenvalue weighted by Crippen LogP contribution is -2.45. The van der Waals surface area contributed by atoms with E-state index in [0.717, 1.165) is 11.3 Å². The molecule has 1 atom stereocenters. The molecule has 1 amide bonds. The van der Waals surface area contributed by atoms with Crippen molar-refractivity contribution in [2.24, 2.45) is 11.1 Å². The van der Waals surface area contributed by atoms with E-state index in [-0.39, 0.29) is 23.7 Å². The third kappa shape index (κ3) is 3.64. The Morgan fingerprint density at radius 2 is 2.10 bits per heavy atom. The van der Waals surface area contributed by atoms with Crippen LogP contribution in [-0.2, 0) is 11.2 Å². The highest BCUT2D eigenvalue weighted by Gasteiger charge is 2.32. The molecule has 1 aliphatic rings. The number of para-hydroxylation sites is 1. The summed E-state index contributed by atoms with van der Waals surface area (Å²) in [7, 11) is 1.81. The fraction of sp³-hybridized carbons (Fsp3) is 0.533. The Bertz CT molecular complexity index is 452. The molecule has 5 heteroatoms. The lowest BCUT2D eigenvalue weighted by Gasteiger charge is -2.30. The number of rotatable bonds is 4. The molecule has 1 aromatic rings. The molecule has 1 aliphatic heterocycles. The summed E-state index contributed by atoms with van der Waals surface area (Å²) in [6.07, 6.45) is 0.263. The third-order valence-corrected chi connectivity index (χ3v) is 3.52. The van der Waals surface area contributed by atoms with Crippen LogP contribution < -0.4 is 10.5 Å². The van der Waals surface area contributed by atoms with Crippen molar-refractivity contribution in [2.45, 2.75) is 26.4 Å². The number of carbonyl (C=O) groups excluding carboxylic acids is 1. The van der Waals surface area contributed by atoms with E-state index in [4.69, 9.17) is 10.5 Å². The first-order chi connectivity index (χ1) is 8.93. The first kappa shape index (κ1) is 16.8. The van der Waals surface area contributed by atoms with E-state index in [2.05, 4.69) is 13.8 Å². The standard InChI is InChI=1S/C15H22N2O2.ClH/c1-15(2,9-16)10-17(3)14(18)13-8-11-6-4-5-7-12(11)19-13;/h4-7,13H,8-10,16H2,1-3H3;1H. The summed E-state index contributed by atoms with van der Waals surface area (Å²) in [5.74, 6) is 0.852. The number of hydrogen-bond donors (Lipinski definition) is 1. The van der Waals surface area contributed by atoms with Crippen molar-refractivity contribution in [3.05, 3.63) is 29.8 Å². The number of fused-ring (bicyclic) bond motifs is 1. The lowest BCUT2D eigenvalue weighted by molar-refractivity contribution is -0.137. The van der Waals surface area contributed by atoms with E-state index >= 15 is 0 Å². The van der Waals surface area contributed by atoms with Crippen LogP contribution in [0.15, 0.2) is 24.3 Å². The number of likely N-dealkylation sites (N-methyl/N-ethyl adjacent to an activating group) is 1. The second-order valence-corrected chi connectivity index (χ2v) is 5.98. The molecule has 0 spiro atoms. The lowest BCUT2D eigenvalue weighted by atomic mass is 9.93. The van der Waals surface area contributed by atoms with Gasteiger partial charge in [-0.15, -0.1) is 12.4 Å². The van der Waals surface area contributed by atoms with Gasteiger partial charge >= 0.3 is 0 Å². The maximum absolute atomic E-state index is 12.4. The summed E-state index contributed by atoms with van der Waals surface area (Å²) >= 11 is 0. The van der Waals surface area contributed by atoms with Gasteiger partial charge in [0.05, 0.1) is 0 Å². The fourth-order valence-corrected chi connectivity index (χ4v) is 2.35. The van der Waals surface area contributed by atoms with Gasteiger partial charge in [-0.25, -0.2) is 0 Å². The van der Waals surface area contributed by atoms with Crippen LogP contribution in [0.3, 0.4) is 0 Å². The maximum Gasteiger partial charge on any atom is 0.263 e. The van der Waals surface area contributed by atoms with Crippen LogP contribution in [0.4, 0.5) is 0 Å². The summed E-state index contributed by atoms with van der Waals surface area (Å²) in [6, 6.07) is 7.81. The Balaban J connectivity index is 0.00000200. The molecule has 2 rings (SSSR count). The van der Waals surface area contributed by atoms with Crippen LogP contribution in [0.5, 0.6) is 5.75 Å². The molecule has 1 heterocycles. The summed E-state index contributed by atoms with van der Waals surface area (Å²) in [5.41, 5.74) is 6.74. The number of nitrogens with two attached hydrogens (primary N) is 1. The molecular formula is C15H23ClN2O2. The number of benzene rings is 1. The van der Waals surface area contributed by atoms with Gasteiger partial charge < -0.3 is 15.4 Å². The van der Waals surface area contributed by atoms with Crippen molar-refractivity contribution >= 4 is 18.3 Å². The smallest absolute Gasteiger partial charge is 0.263 e. The largest absolute Gasteiger partial charge is 0.480 e. The highest BCUT2D eigenvalue weighted by molar-refractivity contribution is 5.85. The highest BCUT2D eigenvalue weighted by atomic mass is 35.5. The van der Waals surface area contributed by atoms with Crippen molar-refractivity contribution < 1.29 is 9.53 Å². The Morgan fingerprint density at radius 3 is 2.70 bits per heavy atom. The van der Waals surface area contributed by atoms with E-state index in [1.54, 1.807) is 4.90 Å². The van der Waals surface area contributed by atoms with E-state index in [1.165, 1.54) is 0 Å². The number of amides is 1.